The van der Waals surface area contributed by atoms with Crippen LogP contribution in [0.25, 0.3) is 0 Å². The molecule has 8 heteroatoms. The standard InChI is InChI=1S/C18H26FN5O2/c1-22(2)16(25)10-20-18(21-11-17(26)23(3)4)24-8-7-13-5-6-15(19)9-14(13)12-24/h5-6,9H,7-8,10-12H2,1-4H3,(H,20,21). The van der Waals surface area contributed by atoms with Crippen LogP contribution in [0.4, 0.5) is 4.39 Å². The van der Waals surface area contributed by atoms with Crippen LogP contribution in [0.1, 0.15) is 11.1 Å². The summed E-state index contributed by atoms with van der Waals surface area (Å²) < 4.78 is 13.5. The van der Waals surface area contributed by atoms with Gasteiger partial charge in [-0.3, -0.25) is 9.59 Å². The maximum atomic E-state index is 13.5. The lowest BCUT2D eigenvalue weighted by atomic mass is 10.00. The van der Waals surface area contributed by atoms with Gasteiger partial charge in [0.1, 0.15) is 12.4 Å². The molecular formula is C18H26FN5O2. The van der Waals surface area contributed by atoms with Crippen molar-refractivity contribution in [1.82, 2.24) is 20.0 Å². The van der Waals surface area contributed by atoms with Crippen LogP contribution in [-0.2, 0) is 22.6 Å². The highest BCUT2D eigenvalue weighted by Crippen LogP contribution is 2.20. The van der Waals surface area contributed by atoms with Crippen LogP contribution < -0.4 is 5.32 Å². The number of amides is 2. The molecule has 2 rings (SSSR count). The van der Waals surface area contributed by atoms with Crippen molar-refractivity contribution in [3.05, 3.63) is 35.1 Å². The molecule has 7 nitrogen and oxygen atoms in total. The first-order chi connectivity index (χ1) is 12.3. The summed E-state index contributed by atoms with van der Waals surface area (Å²) in [4.78, 5) is 33.0. The van der Waals surface area contributed by atoms with Gasteiger partial charge < -0.3 is 20.0 Å². The van der Waals surface area contributed by atoms with Crippen molar-refractivity contribution in [2.75, 3.05) is 47.8 Å². The van der Waals surface area contributed by atoms with Crippen molar-refractivity contribution < 1.29 is 14.0 Å². The van der Waals surface area contributed by atoms with Crippen molar-refractivity contribution in [2.45, 2.75) is 13.0 Å². The van der Waals surface area contributed by atoms with Gasteiger partial charge >= 0.3 is 0 Å². The number of nitrogens with zero attached hydrogens (tertiary/aromatic N) is 4. The Labute approximate surface area is 153 Å². The molecule has 1 N–H and O–H groups in total. The van der Waals surface area contributed by atoms with Crippen molar-refractivity contribution in [1.29, 1.82) is 0 Å². The van der Waals surface area contributed by atoms with Crippen LogP contribution in [-0.4, -0.2) is 80.3 Å². The lowest BCUT2D eigenvalue weighted by Gasteiger charge is -2.32. The van der Waals surface area contributed by atoms with Crippen molar-refractivity contribution >= 4 is 17.8 Å². The number of carbonyl (C=O) groups is 2. The zero-order chi connectivity index (χ0) is 19.3. The van der Waals surface area contributed by atoms with E-state index in [9.17, 15) is 14.0 Å². The van der Waals surface area contributed by atoms with E-state index in [-0.39, 0.29) is 30.7 Å². The summed E-state index contributed by atoms with van der Waals surface area (Å²) in [5, 5.41) is 3.03. The number of aliphatic imine (C=N–C) groups is 1. The molecular weight excluding hydrogens is 337 g/mol. The fourth-order valence-corrected chi connectivity index (χ4v) is 2.57. The molecule has 0 unspecified atom stereocenters. The van der Waals surface area contributed by atoms with E-state index < -0.39 is 0 Å². The summed E-state index contributed by atoms with van der Waals surface area (Å²) in [5.41, 5.74) is 2.00. The van der Waals surface area contributed by atoms with Gasteiger partial charge in [-0.05, 0) is 29.7 Å². The van der Waals surface area contributed by atoms with Gasteiger partial charge in [-0.15, -0.1) is 0 Å². The summed E-state index contributed by atoms with van der Waals surface area (Å²) in [6, 6.07) is 4.79. The second kappa shape index (κ2) is 8.64. The van der Waals surface area contributed by atoms with Gasteiger partial charge in [0, 0.05) is 41.3 Å². The fourth-order valence-electron chi connectivity index (χ4n) is 2.57. The van der Waals surface area contributed by atoms with Gasteiger partial charge in [0.05, 0.1) is 6.54 Å². The van der Waals surface area contributed by atoms with Gasteiger partial charge in [0.15, 0.2) is 5.96 Å². The fraction of sp³-hybridized carbons (Fsp3) is 0.500. The first-order valence-corrected chi connectivity index (χ1v) is 8.48. The largest absolute Gasteiger partial charge is 0.347 e. The average Bonchev–Trinajstić information content (AvgIpc) is 2.60. The van der Waals surface area contributed by atoms with Crippen molar-refractivity contribution in [2.24, 2.45) is 4.99 Å². The Morgan fingerprint density at radius 1 is 1.15 bits per heavy atom. The number of guanidine groups is 1. The predicted molar refractivity (Wildman–Crippen MR) is 98.2 cm³/mol. The van der Waals surface area contributed by atoms with E-state index in [0.717, 1.165) is 17.5 Å². The summed E-state index contributed by atoms with van der Waals surface area (Å²) in [5.74, 6) is -0.0280. The second-order valence-electron chi connectivity index (χ2n) is 6.65. The Hall–Kier alpha value is -2.64. The average molecular weight is 363 g/mol. The number of rotatable bonds is 4. The van der Waals surface area contributed by atoms with Gasteiger partial charge in [0.25, 0.3) is 0 Å². The third-order valence-electron chi connectivity index (χ3n) is 4.24. The van der Waals surface area contributed by atoms with Crippen molar-refractivity contribution in [3.8, 4) is 0 Å². The van der Waals surface area contributed by atoms with Crippen LogP contribution in [0.3, 0.4) is 0 Å². The molecule has 1 aromatic rings. The first-order valence-electron chi connectivity index (χ1n) is 8.48. The van der Waals surface area contributed by atoms with Gasteiger partial charge in [-0.1, -0.05) is 6.07 Å². The zero-order valence-corrected chi connectivity index (χ0v) is 15.8. The number of halogens is 1. The zero-order valence-electron chi connectivity index (χ0n) is 15.8. The third kappa shape index (κ3) is 5.18. The number of fused-ring (bicyclic) bond motifs is 1. The number of nitrogens with one attached hydrogen (secondary N) is 1. The highest BCUT2D eigenvalue weighted by Gasteiger charge is 2.21. The molecule has 2 amide bonds. The summed E-state index contributed by atoms with van der Waals surface area (Å²) >= 11 is 0. The van der Waals surface area contributed by atoms with Gasteiger partial charge in [-0.2, -0.15) is 0 Å². The smallest absolute Gasteiger partial charge is 0.243 e. The van der Waals surface area contributed by atoms with Gasteiger partial charge in [0.2, 0.25) is 11.8 Å². The number of carbonyl (C=O) groups excluding carboxylic acids is 2. The minimum atomic E-state index is -0.275. The van der Waals surface area contributed by atoms with E-state index >= 15 is 0 Å². The maximum absolute atomic E-state index is 13.5. The normalized spacial score (nSPS) is 13.9. The molecule has 0 saturated heterocycles. The minimum Gasteiger partial charge on any atom is -0.347 e. The van der Waals surface area contributed by atoms with Gasteiger partial charge in [-0.25, -0.2) is 9.38 Å². The Morgan fingerprint density at radius 2 is 1.85 bits per heavy atom. The SMILES string of the molecule is CN(C)C(=O)CN=C(NCC(=O)N(C)C)N1CCc2ccc(F)cc2C1. The summed E-state index contributed by atoms with van der Waals surface area (Å²) in [6.45, 7) is 1.22. The molecule has 0 bridgehead atoms. The number of benzene rings is 1. The van der Waals surface area contributed by atoms with E-state index in [1.807, 2.05) is 4.90 Å². The highest BCUT2D eigenvalue weighted by atomic mass is 19.1. The Bertz CT molecular complexity index is 703. The molecule has 0 fully saturated rings. The van der Waals surface area contributed by atoms with Crippen LogP contribution in [0.5, 0.6) is 0 Å². The molecule has 1 aliphatic rings. The van der Waals surface area contributed by atoms with Crippen molar-refractivity contribution in [3.63, 3.8) is 0 Å². The quantitative estimate of drug-likeness (QED) is 0.617. The number of likely N-dealkylation sites (N-methyl/N-ethyl adjacent to an activating group) is 2. The molecule has 0 saturated carbocycles. The topological polar surface area (TPSA) is 68.2 Å². The number of hydrogen-bond donors (Lipinski definition) is 1. The molecule has 0 aliphatic carbocycles. The maximum Gasteiger partial charge on any atom is 0.243 e. The molecule has 142 valence electrons. The summed E-state index contributed by atoms with van der Waals surface area (Å²) in [7, 11) is 6.69. The van der Waals surface area contributed by atoms with Crippen LogP contribution in [0.2, 0.25) is 0 Å². The lowest BCUT2D eigenvalue weighted by molar-refractivity contribution is -0.127. The molecule has 0 radical (unpaired) electrons. The minimum absolute atomic E-state index is 0.0159. The monoisotopic (exact) mass is 363 g/mol. The van der Waals surface area contributed by atoms with Crippen LogP contribution >= 0.6 is 0 Å². The van der Waals surface area contributed by atoms with Crippen LogP contribution in [0.15, 0.2) is 23.2 Å². The van der Waals surface area contributed by atoms with E-state index in [0.29, 0.717) is 19.0 Å². The predicted octanol–water partition coefficient (Wildman–Crippen LogP) is 0.306. The first kappa shape index (κ1) is 19.7. The van der Waals surface area contributed by atoms with E-state index in [1.165, 1.54) is 21.9 Å². The molecule has 0 atom stereocenters. The third-order valence-corrected chi connectivity index (χ3v) is 4.24. The molecule has 0 aromatic heterocycles. The van der Waals surface area contributed by atoms with E-state index in [1.54, 1.807) is 34.3 Å². The van der Waals surface area contributed by atoms with Crippen LogP contribution in [0, 0.1) is 5.82 Å². The Kier molecular flexibility index (Phi) is 6.54. The lowest BCUT2D eigenvalue weighted by Crippen LogP contribution is -2.47. The second-order valence-corrected chi connectivity index (χ2v) is 6.65. The molecule has 1 aromatic carbocycles. The Balaban J connectivity index is 2.15. The Morgan fingerprint density at radius 3 is 2.50 bits per heavy atom. The molecule has 1 heterocycles. The van der Waals surface area contributed by atoms with E-state index in [2.05, 4.69) is 10.3 Å². The summed E-state index contributed by atoms with van der Waals surface area (Å²) in [6.07, 6.45) is 0.750. The highest BCUT2D eigenvalue weighted by molar-refractivity contribution is 5.88. The number of hydrogen-bond acceptors (Lipinski definition) is 3. The molecule has 26 heavy (non-hydrogen) atoms. The van der Waals surface area contributed by atoms with E-state index in [4.69, 9.17) is 0 Å². The molecule has 0 spiro atoms. The molecule has 1 aliphatic heterocycles.